The van der Waals surface area contributed by atoms with Gasteiger partial charge in [-0.25, -0.2) is 9.50 Å². The zero-order valence-electron chi connectivity index (χ0n) is 16.1. The average molecular weight is 373 g/mol. The van der Waals surface area contributed by atoms with E-state index in [1.54, 1.807) is 21.7 Å². The van der Waals surface area contributed by atoms with Gasteiger partial charge < -0.3 is 9.80 Å². The Morgan fingerprint density at radius 3 is 2.93 bits per heavy atom. The highest BCUT2D eigenvalue weighted by Crippen LogP contribution is 2.36. The van der Waals surface area contributed by atoms with Gasteiger partial charge in [-0.1, -0.05) is 11.5 Å². The first-order chi connectivity index (χ1) is 13.4. The van der Waals surface area contributed by atoms with Gasteiger partial charge in [-0.3, -0.25) is 9.59 Å². The van der Waals surface area contributed by atoms with E-state index in [-0.39, 0.29) is 17.9 Å². The van der Waals surface area contributed by atoms with Gasteiger partial charge in [0.15, 0.2) is 11.3 Å². The molecule has 0 spiro atoms. The summed E-state index contributed by atoms with van der Waals surface area (Å²) >= 11 is 0. The van der Waals surface area contributed by atoms with Crippen molar-refractivity contribution in [1.82, 2.24) is 24.4 Å². The monoisotopic (exact) mass is 373 g/mol. The predicted octanol–water partition coefficient (Wildman–Crippen LogP) is 0.333. The number of aromatic nitrogens is 3. The lowest BCUT2D eigenvalue weighted by molar-refractivity contribution is 0.0670. The van der Waals surface area contributed by atoms with Gasteiger partial charge in [-0.2, -0.15) is 5.10 Å². The summed E-state index contributed by atoms with van der Waals surface area (Å²) in [5.74, 6) is -0.00792. The average Bonchev–Trinajstić information content (AvgIpc) is 3.22. The second-order valence-corrected chi connectivity index (χ2v) is 7.71. The fourth-order valence-corrected chi connectivity index (χ4v) is 4.39. The second kappa shape index (κ2) is 5.92. The van der Waals surface area contributed by atoms with Crippen LogP contribution in [-0.4, -0.2) is 57.7 Å². The minimum Gasteiger partial charge on any atom is -0.337 e. The van der Waals surface area contributed by atoms with Crippen LogP contribution in [0.4, 0.5) is 0 Å². The van der Waals surface area contributed by atoms with E-state index in [1.807, 2.05) is 45.0 Å². The standard InChI is InChI=1S/C20H20BN5O2/c1-11-13-3-4-15-16(10-24(2)19(15)27)14(13)5-6-25(11)20(28)17-7-18-22-8-12(21)9-26(18)23-17/h3-4,7-9,11H,5-6,10,21H2,1-2H3. The molecule has 4 heterocycles. The third kappa shape index (κ3) is 2.37. The fraction of sp³-hybridized carbons (Fsp3) is 0.300. The van der Waals surface area contributed by atoms with Crippen LogP contribution >= 0.6 is 0 Å². The molecule has 2 aliphatic heterocycles. The zero-order valence-corrected chi connectivity index (χ0v) is 16.1. The lowest BCUT2D eigenvalue weighted by Gasteiger charge is -2.35. The van der Waals surface area contributed by atoms with Crippen LogP contribution in [0.2, 0.25) is 0 Å². The molecule has 2 amide bonds. The summed E-state index contributed by atoms with van der Waals surface area (Å²) in [5, 5.41) is 4.43. The van der Waals surface area contributed by atoms with Crippen LogP contribution in [0.25, 0.3) is 5.65 Å². The van der Waals surface area contributed by atoms with Crippen molar-refractivity contribution in [2.45, 2.75) is 25.9 Å². The summed E-state index contributed by atoms with van der Waals surface area (Å²) in [6, 6.07) is 5.58. The van der Waals surface area contributed by atoms with Gasteiger partial charge in [0.25, 0.3) is 11.8 Å². The highest BCUT2D eigenvalue weighted by atomic mass is 16.2. The quantitative estimate of drug-likeness (QED) is 0.577. The number of rotatable bonds is 1. The Kier molecular flexibility index (Phi) is 3.59. The van der Waals surface area contributed by atoms with Gasteiger partial charge in [-0.15, -0.1) is 0 Å². The molecule has 1 atom stereocenters. The molecule has 0 aliphatic carbocycles. The second-order valence-electron chi connectivity index (χ2n) is 7.71. The Morgan fingerprint density at radius 1 is 1.29 bits per heavy atom. The van der Waals surface area contributed by atoms with E-state index < -0.39 is 0 Å². The van der Waals surface area contributed by atoms with Crippen molar-refractivity contribution >= 4 is 30.8 Å². The van der Waals surface area contributed by atoms with Crippen molar-refractivity contribution in [3.63, 3.8) is 0 Å². The van der Waals surface area contributed by atoms with Gasteiger partial charge >= 0.3 is 0 Å². The normalized spacial score (nSPS) is 18.5. The fourth-order valence-electron chi connectivity index (χ4n) is 4.39. The van der Waals surface area contributed by atoms with Crippen LogP contribution in [-0.2, 0) is 13.0 Å². The van der Waals surface area contributed by atoms with Crippen LogP contribution in [0.3, 0.4) is 0 Å². The van der Waals surface area contributed by atoms with E-state index in [0.717, 1.165) is 28.6 Å². The molecule has 0 radical (unpaired) electrons. The summed E-state index contributed by atoms with van der Waals surface area (Å²) in [6.07, 6.45) is 4.38. The Labute approximate surface area is 163 Å². The topological polar surface area (TPSA) is 70.8 Å². The molecule has 140 valence electrons. The summed E-state index contributed by atoms with van der Waals surface area (Å²) in [4.78, 5) is 33.4. The van der Waals surface area contributed by atoms with Crippen molar-refractivity contribution in [2.24, 2.45) is 0 Å². The van der Waals surface area contributed by atoms with Crippen molar-refractivity contribution in [3.8, 4) is 0 Å². The van der Waals surface area contributed by atoms with E-state index in [0.29, 0.717) is 24.4 Å². The molecular weight excluding hydrogens is 353 g/mol. The number of carbonyl (C=O) groups excluding carboxylic acids is 2. The first kappa shape index (κ1) is 17.0. The summed E-state index contributed by atoms with van der Waals surface area (Å²) < 4.78 is 1.65. The zero-order chi connectivity index (χ0) is 19.6. The summed E-state index contributed by atoms with van der Waals surface area (Å²) in [7, 11) is 3.77. The Morgan fingerprint density at radius 2 is 2.11 bits per heavy atom. The number of benzene rings is 1. The maximum atomic E-state index is 13.2. The van der Waals surface area contributed by atoms with Crippen LogP contribution < -0.4 is 5.46 Å². The Balaban J connectivity index is 1.49. The lowest BCUT2D eigenvalue weighted by atomic mass is 9.88. The number of hydrogen-bond acceptors (Lipinski definition) is 4. The molecule has 3 aromatic rings. The Hall–Kier alpha value is -3.16. The van der Waals surface area contributed by atoms with E-state index in [9.17, 15) is 9.59 Å². The van der Waals surface area contributed by atoms with Gasteiger partial charge in [-0.05, 0) is 36.1 Å². The first-order valence-corrected chi connectivity index (χ1v) is 9.47. The van der Waals surface area contributed by atoms with E-state index >= 15 is 0 Å². The molecule has 1 unspecified atom stereocenters. The molecule has 0 fully saturated rings. The minimum atomic E-state index is -0.0880. The van der Waals surface area contributed by atoms with Crippen LogP contribution in [0.15, 0.2) is 30.6 Å². The SMILES string of the molecule is Bc1cnc2cc(C(=O)N3CCc4c(ccc5c4CN(C)C5=O)C3C)nn2c1. The van der Waals surface area contributed by atoms with Crippen LogP contribution in [0, 0.1) is 0 Å². The van der Waals surface area contributed by atoms with Crippen molar-refractivity contribution in [1.29, 1.82) is 0 Å². The molecule has 5 rings (SSSR count). The highest BCUT2D eigenvalue weighted by molar-refractivity contribution is 6.31. The van der Waals surface area contributed by atoms with Crippen LogP contribution in [0.1, 0.15) is 50.5 Å². The number of fused-ring (bicyclic) bond motifs is 4. The molecule has 7 nitrogen and oxygen atoms in total. The van der Waals surface area contributed by atoms with Gasteiger partial charge in [0.1, 0.15) is 7.85 Å². The summed E-state index contributed by atoms with van der Waals surface area (Å²) in [6.45, 7) is 3.30. The summed E-state index contributed by atoms with van der Waals surface area (Å²) in [5.41, 5.74) is 6.33. The molecule has 0 saturated carbocycles. The van der Waals surface area contributed by atoms with Crippen LogP contribution in [0.5, 0.6) is 0 Å². The van der Waals surface area contributed by atoms with Crippen molar-refractivity contribution in [3.05, 3.63) is 58.5 Å². The highest BCUT2D eigenvalue weighted by Gasteiger charge is 2.35. The van der Waals surface area contributed by atoms with Gasteiger partial charge in [0, 0.05) is 44.2 Å². The molecule has 2 aromatic heterocycles. The molecule has 28 heavy (non-hydrogen) atoms. The number of amides is 2. The van der Waals surface area contributed by atoms with Gasteiger partial charge in [0.2, 0.25) is 0 Å². The van der Waals surface area contributed by atoms with E-state index in [4.69, 9.17) is 0 Å². The molecule has 1 aromatic carbocycles. The molecule has 0 bridgehead atoms. The number of nitrogens with zero attached hydrogens (tertiary/aromatic N) is 5. The molecule has 0 saturated heterocycles. The number of carbonyl (C=O) groups is 2. The lowest BCUT2D eigenvalue weighted by Crippen LogP contribution is -2.39. The maximum absolute atomic E-state index is 13.2. The largest absolute Gasteiger partial charge is 0.337 e. The predicted molar refractivity (Wildman–Crippen MR) is 107 cm³/mol. The van der Waals surface area contributed by atoms with E-state index in [1.165, 1.54) is 5.56 Å². The Bertz CT molecular complexity index is 1150. The number of hydrogen-bond donors (Lipinski definition) is 0. The molecule has 8 heteroatoms. The molecular formula is C20H20BN5O2. The smallest absolute Gasteiger partial charge is 0.274 e. The molecule has 0 N–H and O–H groups in total. The maximum Gasteiger partial charge on any atom is 0.274 e. The minimum absolute atomic E-state index is 0.0675. The van der Waals surface area contributed by atoms with Gasteiger partial charge in [0.05, 0.1) is 6.04 Å². The third-order valence-electron chi connectivity index (χ3n) is 5.88. The third-order valence-corrected chi connectivity index (χ3v) is 5.88. The van der Waals surface area contributed by atoms with E-state index in [2.05, 4.69) is 10.1 Å². The van der Waals surface area contributed by atoms with Crippen molar-refractivity contribution in [2.75, 3.05) is 13.6 Å². The molecule has 2 aliphatic rings. The van der Waals surface area contributed by atoms with Crippen molar-refractivity contribution < 1.29 is 9.59 Å². The first-order valence-electron chi connectivity index (χ1n) is 9.47.